The molecule has 0 unspecified atom stereocenters. The van der Waals surface area contributed by atoms with Crippen LogP contribution in [0.15, 0.2) is 36.5 Å². The molecule has 0 atom stereocenters. The Balaban J connectivity index is 1.52. The number of anilines is 1. The first kappa shape index (κ1) is 16.0. The lowest BCUT2D eigenvalue weighted by atomic mass is 9.96. The molecule has 4 rings (SSSR count). The van der Waals surface area contributed by atoms with Gasteiger partial charge in [-0.1, -0.05) is 6.07 Å². The zero-order valence-electron chi connectivity index (χ0n) is 13.8. The van der Waals surface area contributed by atoms with Gasteiger partial charge in [-0.05, 0) is 31.0 Å². The van der Waals surface area contributed by atoms with Crippen molar-refractivity contribution in [3.63, 3.8) is 0 Å². The van der Waals surface area contributed by atoms with Gasteiger partial charge in [-0.15, -0.1) is 10.2 Å². The van der Waals surface area contributed by atoms with Gasteiger partial charge in [-0.2, -0.15) is 5.26 Å². The van der Waals surface area contributed by atoms with Gasteiger partial charge in [-0.3, -0.25) is 14.5 Å². The van der Waals surface area contributed by atoms with Crippen LogP contribution in [0.4, 0.5) is 11.5 Å². The van der Waals surface area contributed by atoms with E-state index in [9.17, 15) is 10.1 Å². The Hall–Kier alpha value is -3.54. The number of nitro groups is 1. The monoisotopic (exact) mass is 349 g/mol. The van der Waals surface area contributed by atoms with E-state index in [0.717, 1.165) is 37.4 Å². The molecule has 0 spiro atoms. The molecule has 1 fully saturated rings. The van der Waals surface area contributed by atoms with Gasteiger partial charge in [-0.25, -0.2) is 4.98 Å². The van der Waals surface area contributed by atoms with Crippen molar-refractivity contribution < 1.29 is 4.92 Å². The van der Waals surface area contributed by atoms with E-state index in [1.807, 2.05) is 33.7 Å². The van der Waals surface area contributed by atoms with Gasteiger partial charge in [0.1, 0.15) is 17.7 Å². The molecule has 0 radical (unpaired) electrons. The number of hydrogen-bond donors (Lipinski definition) is 0. The summed E-state index contributed by atoms with van der Waals surface area (Å²) < 4.78 is 2.01. The maximum atomic E-state index is 10.9. The number of rotatable bonds is 3. The van der Waals surface area contributed by atoms with Crippen LogP contribution in [0, 0.1) is 21.4 Å². The molecule has 1 aliphatic heterocycles. The molecule has 3 aromatic heterocycles. The Bertz CT molecular complexity index is 1020. The number of nitriles is 1. The third-order valence-electron chi connectivity index (χ3n) is 4.69. The second-order valence-electron chi connectivity index (χ2n) is 6.15. The first-order chi connectivity index (χ1) is 12.7. The van der Waals surface area contributed by atoms with E-state index < -0.39 is 4.92 Å². The van der Waals surface area contributed by atoms with Crippen LogP contribution in [0.1, 0.15) is 30.3 Å². The van der Waals surface area contributed by atoms with Crippen LogP contribution in [0.25, 0.3) is 5.65 Å². The maximum absolute atomic E-state index is 10.9. The van der Waals surface area contributed by atoms with Crippen molar-refractivity contribution in [2.24, 2.45) is 0 Å². The first-order valence-electron chi connectivity index (χ1n) is 8.27. The fourth-order valence-electron chi connectivity index (χ4n) is 3.35. The maximum Gasteiger partial charge on any atom is 0.305 e. The molecular weight excluding hydrogens is 334 g/mol. The van der Waals surface area contributed by atoms with Gasteiger partial charge in [0, 0.05) is 31.3 Å². The topological polar surface area (TPSA) is 113 Å². The summed E-state index contributed by atoms with van der Waals surface area (Å²) in [5.74, 6) is 1.84. The number of nitrogens with zero attached hydrogens (tertiary/aromatic N) is 7. The van der Waals surface area contributed by atoms with Gasteiger partial charge in [0.05, 0.1) is 4.92 Å². The normalized spacial score (nSPS) is 15.1. The Morgan fingerprint density at radius 3 is 2.73 bits per heavy atom. The quantitative estimate of drug-likeness (QED) is 0.526. The molecule has 0 amide bonds. The highest BCUT2D eigenvalue weighted by atomic mass is 16.6. The Labute approximate surface area is 148 Å². The Kier molecular flexibility index (Phi) is 3.93. The van der Waals surface area contributed by atoms with Crippen LogP contribution < -0.4 is 4.90 Å². The van der Waals surface area contributed by atoms with E-state index >= 15 is 0 Å². The molecule has 0 saturated carbocycles. The lowest BCUT2D eigenvalue weighted by molar-refractivity contribution is -0.385. The predicted octanol–water partition coefficient (Wildman–Crippen LogP) is 2.29. The highest BCUT2D eigenvalue weighted by Gasteiger charge is 2.26. The summed E-state index contributed by atoms with van der Waals surface area (Å²) in [6.45, 7) is 1.48. The lowest BCUT2D eigenvalue weighted by Gasteiger charge is -2.32. The van der Waals surface area contributed by atoms with Gasteiger partial charge < -0.3 is 4.90 Å². The minimum Gasteiger partial charge on any atom is -0.357 e. The van der Waals surface area contributed by atoms with Crippen molar-refractivity contribution in [3.05, 3.63) is 58.2 Å². The molecule has 4 heterocycles. The van der Waals surface area contributed by atoms with Crippen molar-refractivity contribution in [3.8, 4) is 6.07 Å². The van der Waals surface area contributed by atoms with Crippen LogP contribution in [-0.4, -0.2) is 37.6 Å². The van der Waals surface area contributed by atoms with E-state index in [0.29, 0.717) is 5.82 Å². The van der Waals surface area contributed by atoms with Crippen molar-refractivity contribution in [1.82, 2.24) is 19.6 Å². The number of piperidine rings is 1. The third kappa shape index (κ3) is 2.71. The molecule has 0 N–H and O–H groups in total. The Morgan fingerprint density at radius 2 is 2.00 bits per heavy atom. The number of hydrogen-bond acceptors (Lipinski definition) is 7. The fraction of sp³-hybridized carbons (Fsp3) is 0.294. The highest BCUT2D eigenvalue weighted by Crippen LogP contribution is 2.30. The second-order valence-corrected chi connectivity index (χ2v) is 6.15. The number of aromatic nitrogens is 4. The molecule has 0 bridgehead atoms. The average Bonchev–Trinajstić information content (AvgIpc) is 3.11. The van der Waals surface area contributed by atoms with E-state index in [1.54, 1.807) is 12.1 Å². The highest BCUT2D eigenvalue weighted by molar-refractivity contribution is 5.52. The largest absolute Gasteiger partial charge is 0.357 e. The molecule has 0 aromatic carbocycles. The average molecular weight is 349 g/mol. The minimum absolute atomic E-state index is 0.155. The molecule has 130 valence electrons. The standard InChI is InChI=1S/C17H15N7O2/c18-11-13-14(24(25)26)4-5-15(19-13)22-9-6-12(7-10-22)17-21-20-16-3-1-2-8-23(16)17/h1-5,8,12H,6-7,9-10H2. The van der Waals surface area contributed by atoms with Gasteiger partial charge >= 0.3 is 5.69 Å². The minimum atomic E-state index is -0.585. The summed E-state index contributed by atoms with van der Waals surface area (Å²) in [5.41, 5.74) is 0.416. The van der Waals surface area contributed by atoms with E-state index in [4.69, 9.17) is 5.26 Å². The second kappa shape index (κ2) is 6.40. The van der Waals surface area contributed by atoms with Crippen molar-refractivity contribution in [1.29, 1.82) is 5.26 Å². The van der Waals surface area contributed by atoms with Crippen LogP contribution in [-0.2, 0) is 0 Å². The molecule has 9 nitrogen and oxygen atoms in total. The van der Waals surface area contributed by atoms with Crippen LogP contribution in [0.2, 0.25) is 0 Å². The SMILES string of the molecule is N#Cc1nc(N2CCC(c3nnc4ccccn34)CC2)ccc1[N+](=O)[O-]. The summed E-state index contributed by atoms with van der Waals surface area (Å²) in [5, 5.41) is 28.6. The number of pyridine rings is 2. The van der Waals surface area contributed by atoms with Crippen LogP contribution >= 0.6 is 0 Å². The zero-order valence-corrected chi connectivity index (χ0v) is 13.8. The smallest absolute Gasteiger partial charge is 0.305 e. The van der Waals surface area contributed by atoms with Crippen molar-refractivity contribution in [2.75, 3.05) is 18.0 Å². The summed E-state index contributed by atoms with van der Waals surface area (Å²) in [4.78, 5) is 16.6. The summed E-state index contributed by atoms with van der Waals surface area (Å²) in [6, 6.07) is 10.6. The molecule has 9 heteroatoms. The van der Waals surface area contributed by atoms with Crippen molar-refractivity contribution in [2.45, 2.75) is 18.8 Å². The Morgan fingerprint density at radius 1 is 1.19 bits per heavy atom. The third-order valence-corrected chi connectivity index (χ3v) is 4.69. The van der Waals surface area contributed by atoms with Gasteiger partial charge in [0.15, 0.2) is 5.65 Å². The predicted molar refractivity (Wildman–Crippen MR) is 92.8 cm³/mol. The van der Waals surface area contributed by atoms with Gasteiger partial charge in [0.25, 0.3) is 0 Å². The van der Waals surface area contributed by atoms with Crippen molar-refractivity contribution >= 4 is 17.2 Å². The van der Waals surface area contributed by atoms with E-state index in [2.05, 4.69) is 15.2 Å². The molecule has 1 saturated heterocycles. The lowest BCUT2D eigenvalue weighted by Crippen LogP contribution is -2.34. The molecular formula is C17H15N7O2. The molecule has 0 aliphatic carbocycles. The van der Waals surface area contributed by atoms with E-state index in [1.165, 1.54) is 6.07 Å². The zero-order chi connectivity index (χ0) is 18.1. The summed E-state index contributed by atoms with van der Waals surface area (Å²) in [7, 11) is 0. The molecule has 1 aliphatic rings. The van der Waals surface area contributed by atoms with Crippen LogP contribution in [0.3, 0.4) is 0 Å². The molecule has 3 aromatic rings. The van der Waals surface area contributed by atoms with Gasteiger partial charge in [0.2, 0.25) is 5.69 Å². The summed E-state index contributed by atoms with van der Waals surface area (Å²) in [6.07, 6.45) is 3.71. The summed E-state index contributed by atoms with van der Waals surface area (Å²) >= 11 is 0. The van der Waals surface area contributed by atoms with E-state index in [-0.39, 0.29) is 17.3 Å². The van der Waals surface area contributed by atoms with Crippen LogP contribution in [0.5, 0.6) is 0 Å². The fourth-order valence-corrected chi connectivity index (χ4v) is 3.35. The number of fused-ring (bicyclic) bond motifs is 1. The molecule has 26 heavy (non-hydrogen) atoms. The first-order valence-corrected chi connectivity index (χ1v) is 8.27.